The average molecular weight is 1530 g/mol. The highest BCUT2D eigenvalue weighted by molar-refractivity contribution is 7.82. The zero-order valence-corrected chi connectivity index (χ0v) is 54.8. The molecule has 552 valence electrons. The molecule has 0 aliphatic carbocycles. The summed E-state index contributed by atoms with van der Waals surface area (Å²) in [5, 5.41) is 21.5. The summed E-state index contributed by atoms with van der Waals surface area (Å²) >= 11 is 0. The molecule has 5 aliphatic rings. The van der Waals surface area contributed by atoms with Gasteiger partial charge >= 0.3 is 84.7 Å². The first kappa shape index (κ1) is 82.1. The Labute approximate surface area is 534 Å². The zero-order valence-electron chi connectivity index (χ0n) is 49.1. The molecular formula is C39H66O48S7. The summed E-state index contributed by atoms with van der Waals surface area (Å²) < 4.78 is 362. The summed E-state index contributed by atoms with van der Waals surface area (Å²) in [5.41, 5.74) is 0. The fourth-order valence-corrected chi connectivity index (χ4v) is 13.7. The number of rotatable bonds is 35. The first-order chi connectivity index (χ1) is 43.2. The van der Waals surface area contributed by atoms with Gasteiger partial charge in [-0.1, -0.05) is 0 Å². The van der Waals surface area contributed by atoms with Crippen LogP contribution >= 0.6 is 0 Å². The maximum Gasteiger partial charge on any atom is 0.397 e. The van der Waals surface area contributed by atoms with Crippen LogP contribution in [-0.4, -0.2) is 337 Å². The monoisotopic (exact) mass is 1530 g/mol. The van der Waals surface area contributed by atoms with E-state index in [2.05, 4.69) is 20.9 Å². The highest BCUT2D eigenvalue weighted by atomic mass is 32.3. The molecule has 5 fully saturated rings. The second kappa shape index (κ2) is 33.2. The van der Waals surface area contributed by atoms with Crippen LogP contribution in [0.2, 0.25) is 0 Å². The minimum Gasteiger partial charge on any atom is -0.479 e. The van der Waals surface area contributed by atoms with Gasteiger partial charge in [-0.2, -0.15) is 58.9 Å². The Balaban J connectivity index is 1.63. The Kier molecular flexibility index (Phi) is 29.0. The fourth-order valence-electron chi connectivity index (χ4n) is 10.8. The molecule has 0 spiro atoms. The van der Waals surface area contributed by atoms with Crippen molar-refractivity contribution in [2.45, 2.75) is 154 Å². The van der Waals surface area contributed by atoms with Crippen molar-refractivity contribution < 1.29 is 216 Å². The molecule has 9 N–H and O–H groups in total. The molecule has 0 aromatic rings. The van der Waals surface area contributed by atoms with E-state index >= 15 is 0 Å². The van der Waals surface area contributed by atoms with Crippen LogP contribution in [0.4, 0.5) is 0 Å². The highest BCUT2D eigenvalue weighted by Crippen LogP contribution is 2.43. The van der Waals surface area contributed by atoms with Crippen molar-refractivity contribution in [3.05, 3.63) is 0 Å². The smallest absolute Gasteiger partial charge is 0.397 e. The van der Waals surface area contributed by atoms with E-state index in [1.165, 1.54) is 7.11 Å². The van der Waals surface area contributed by atoms with Gasteiger partial charge in [-0.25, -0.2) is 38.9 Å². The maximum absolute atomic E-state index is 13.3. The van der Waals surface area contributed by atoms with Crippen molar-refractivity contribution in [1.82, 2.24) is 0 Å². The Morgan fingerprint density at radius 1 is 0.298 bits per heavy atom. The summed E-state index contributed by atoms with van der Waals surface area (Å²) in [6, 6.07) is 0. The molecule has 5 saturated heterocycles. The third-order valence-electron chi connectivity index (χ3n) is 14.2. The largest absolute Gasteiger partial charge is 0.479 e. The van der Waals surface area contributed by atoms with E-state index in [1.54, 1.807) is 0 Å². The van der Waals surface area contributed by atoms with E-state index in [0.717, 1.165) is 42.7 Å². The molecule has 55 heteroatoms. The second-order valence-corrected chi connectivity index (χ2v) is 27.2. The molecule has 94 heavy (non-hydrogen) atoms. The van der Waals surface area contributed by atoms with Crippen LogP contribution in [0.3, 0.4) is 0 Å². The quantitative estimate of drug-likeness (QED) is 0.0266. The van der Waals surface area contributed by atoms with Crippen LogP contribution in [-0.2, 0) is 187 Å². The van der Waals surface area contributed by atoms with Gasteiger partial charge in [-0.3, -0.25) is 31.9 Å². The van der Waals surface area contributed by atoms with E-state index in [4.69, 9.17) is 84.2 Å². The van der Waals surface area contributed by atoms with Crippen molar-refractivity contribution in [2.75, 3.05) is 76.7 Å². The molecule has 0 saturated carbocycles. The third kappa shape index (κ3) is 22.7. The topological polar surface area (TPSA) is 667 Å². The molecule has 0 unspecified atom stereocenters. The second-order valence-electron chi connectivity index (χ2n) is 19.8. The third-order valence-corrected chi connectivity index (χ3v) is 17.3. The van der Waals surface area contributed by atoms with Gasteiger partial charge in [0.15, 0.2) is 49.6 Å². The van der Waals surface area contributed by atoms with Crippen LogP contribution in [0.15, 0.2) is 0 Å². The first-order valence-corrected chi connectivity index (χ1v) is 35.2. The molecule has 0 radical (unpaired) electrons. The van der Waals surface area contributed by atoms with Crippen molar-refractivity contribution in [3.8, 4) is 0 Å². The predicted molar refractivity (Wildman–Crippen MR) is 282 cm³/mol. The normalized spacial score (nSPS) is 37.6. The van der Waals surface area contributed by atoms with Gasteiger partial charge in [0, 0.05) is 62.8 Å². The predicted octanol–water partition coefficient (Wildman–Crippen LogP) is -7.05. The molecular weight excluding hydrogens is 1460 g/mol. The molecule has 5 aliphatic heterocycles. The van der Waals surface area contributed by atoms with Crippen LogP contribution in [0.5, 0.6) is 0 Å². The number of carbonyl (C=O) groups is 2. The van der Waals surface area contributed by atoms with E-state index in [1.807, 2.05) is 0 Å². The average Bonchev–Trinajstić information content (AvgIpc) is 0.763. The van der Waals surface area contributed by atoms with E-state index in [0.29, 0.717) is 7.11 Å². The van der Waals surface area contributed by atoms with Gasteiger partial charge in [0.25, 0.3) is 0 Å². The highest BCUT2D eigenvalue weighted by Gasteiger charge is 2.62. The van der Waals surface area contributed by atoms with Crippen molar-refractivity contribution in [1.29, 1.82) is 0 Å². The molecule has 0 aromatic heterocycles. The van der Waals surface area contributed by atoms with Gasteiger partial charge in [-0.15, -0.1) is 0 Å². The number of ether oxygens (including phenoxy) is 16. The van der Waals surface area contributed by atoms with Crippen molar-refractivity contribution >= 4 is 84.7 Å². The van der Waals surface area contributed by atoms with Crippen molar-refractivity contribution in [2.24, 2.45) is 5.92 Å². The number of methoxy groups -OCH3 is 8. The van der Waals surface area contributed by atoms with Gasteiger partial charge in [0.05, 0.1) is 32.0 Å². The van der Waals surface area contributed by atoms with Crippen LogP contribution < -0.4 is 0 Å². The standard InChI is InChI=1S/C39H66O48S7/c1-65-18-13(9-14-20(66-2)24(68-4)21(67-3)15(76-14)10-73-88(44,45)46)19(34(40)41)79-37(30(18)70-6)80-23-17(12-75-90(50,51)52)78-39(33(87-94(62,63)64)28(23)85-92(56,57)58)82-26-25(69-5)31(71-7)38(83-29(26)35(42)43)81-22-16(11-74-89(47,48)49)77-36(72-8)32(86-93(59,60)61)27(22)84-91(53,54)55/h13-33,36-39H,9-12H2,1-8H3,(H,40,41)(H,42,43)(H,44,45,46)(H,47,48,49)(H,50,51,52)(H,53,54,55)(H,56,57,58)(H,59,60,61)(H,62,63,64)/t13-,14+,15+,16+,17+,18-,19-,20-,21+,22+,23+,24+,25-,26-,27-,28-,29+,30+,31+,32+,33+,36-,37+,38+,39+/m0/s1. The SMILES string of the molecule is CO[C@H]1O[C@H](COS(=O)(=O)O)[C@@H](O[C@@H]2O[C@@H](C(=O)O)[C@@H](O[C@H]3O[C@H](COS(=O)(=O)O)[C@@H](O[C@H]4O[C@H](C(=O)O)[C@@H](C[C@H]5O[C@H](COS(=O)(=O)O)[C@@H](OC)[C@H](OC)[C@H]5OC)[C@H](OC)[C@H]4OC)[C@H](OS(=O)(=O)O)[C@H]3OS(=O)(=O)O)[C@H](OC)[C@H]2OC)[C@H](OS(=O)(=O)O)[C@H]1OS(=O)(=O)O. The van der Waals surface area contributed by atoms with E-state index in [9.17, 15) is 111 Å². The summed E-state index contributed by atoms with van der Waals surface area (Å²) in [4.78, 5) is 26.7. The van der Waals surface area contributed by atoms with E-state index < -0.39 is 264 Å². The summed E-state index contributed by atoms with van der Waals surface area (Å²) in [6.45, 7) is -4.22. The number of hydrogen-bond donors (Lipinski definition) is 9. The summed E-state index contributed by atoms with van der Waals surface area (Å²) in [5.74, 6) is -5.72. The molecule has 25 atom stereocenters. The molecule has 0 aromatic carbocycles. The summed E-state index contributed by atoms with van der Waals surface area (Å²) in [7, 11) is -32.9. The van der Waals surface area contributed by atoms with Gasteiger partial charge < -0.3 is 86.0 Å². The van der Waals surface area contributed by atoms with Crippen LogP contribution in [0.25, 0.3) is 0 Å². The Hall–Kier alpha value is -2.61. The van der Waals surface area contributed by atoms with Crippen LogP contribution in [0, 0.1) is 5.92 Å². The molecule has 5 rings (SSSR count). The van der Waals surface area contributed by atoms with Gasteiger partial charge in [0.2, 0.25) is 0 Å². The van der Waals surface area contributed by atoms with E-state index in [-0.39, 0.29) is 0 Å². The lowest BCUT2D eigenvalue weighted by Gasteiger charge is -2.51. The minimum absolute atomic E-state index is 0.582. The number of carboxylic acid groups (broad SMARTS) is 2. The molecule has 0 bridgehead atoms. The van der Waals surface area contributed by atoms with Crippen molar-refractivity contribution in [3.63, 3.8) is 0 Å². The lowest BCUT2D eigenvalue weighted by atomic mass is 9.81. The lowest BCUT2D eigenvalue weighted by molar-refractivity contribution is -0.381. The molecule has 0 amide bonds. The van der Waals surface area contributed by atoms with Gasteiger partial charge in [-0.05, 0) is 6.42 Å². The Bertz CT molecular complexity index is 3340. The Morgan fingerprint density at radius 2 is 0.596 bits per heavy atom. The number of aliphatic carboxylic acids is 2. The number of carboxylic acids is 2. The minimum atomic E-state index is -6.18. The summed E-state index contributed by atoms with van der Waals surface area (Å²) in [6.07, 6.45) is -55.4. The van der Waals surface area contributed by atoms with Crippen LogP contribution in [0.1, 0.15) is 6.42 Å². The zero-order chi connectivity index (χ0) is 71.2. The van der Waals surface area contributed by atoms with Gasteiger partial charge in [0.1, 0.15) is 85.5 Å². The molecule has 5 heterocycles. The fraction of sp³-hybridized carbons (Fsp3) is 0.949. The molecule has 48 nitrogen and oxygen atoms in total. The maximum atomic E-state index is 13.3. The number of hydrogen-bond acceptors (Lipinski definition) is 39. The lowest BCUT2D eigenvalue weighted by Crippen LogP contribution is -2.69. The Morgan fingerprint density at radius 3 is 0.947 bits per heavy atom. The first-order valence-electron chi connectivity index (χ1n) is 25.7.